The molecule has 31 heteroatoms. The molecule has 4 aliphatic carbocycles. The van der Waals surface area contributed by atoms with E-state index in [0.29, 0.717) is 70.9 Å². The van der Waals surface area contributed by atoms with Crippen LogP contribution < -0.4 is 16.0 Å². The van der Waals surface area contributed by atoms with Gasteiger partial charge in [-0.05, 0) is 158 Å². The van der Waals surface area contributed by atoms with Crippen LogP contribution in [0.1, 0.15) is 189 Å². The highest BCUT2D eigenvalue weighted by Gasteiger charge is 2.59. The molecule has 3 N–H and O–H groups in total. The number of methoxy groups -OCH3 is 1. The third-order valence-electron chi connectivity index (χ3n) is 24.6. The molecule has 4 aliphatic heterocycles. The number of fused-ring (bicyclic) bond motifs is 3. The largest absolute Gasteiger partial charge is 0.391 e. The van der Waals surface area contributed by atoms with E-state index in [1.165, 1.54) is 73.9 Å². The fourth-order valence-electron chi connectivity index (χ4n) is 18.1. The number of carbonyl (C=O) groups is 12. The number of amides is 12. The van der Waals surface area contributed by atoms with Crippen molar-refractivity contribution in [2.75, 3.05) is 102 Å². The molecule has 3 unspecified atom stereocenters. The Morgan fingerprint density at radius 1 is 0.648 bits per heavy atom. The van der Waals surface area contributed by atoms with Crippen molar-refractivity contribution in [2.24, 2.45) is 35.0 Å². The van der Waals surface area contributed by atoms with Gasteiger partial charge in [0.2, 0.25) is 70.9 Å². The molecule has 0 aromatic rings. The van der Waals surface area contributed by atoms with Gasteiger partial charge in [0.15, 0.2) is 0 Å². The number of nitrogens with zero attached hydrogens (tertiary/aromatic N) is 9. The van der Waals surface area contributed by atoms with Gasteiger partial charge in [-0.3, -0.25) is 57.5 Å². The third kappa shape index (κ3) is 21.3. The van der Waals surface area contributed by atoms with Crippen molar-refractivity contribution < 1.29 is 80.2 Å². The van der Waals surface area contributed by atoms with Crippen LogP contribution in [0.25, 0.3) is 0 Å². The molecule has 12 amide bonds. The predicted molar refractivity (Wildman–Crippen MR) is 399 cm³/mol. The summed E-state index contributed by atoms with van der Waals surface area (Å²) < 4.78 is 54.2. The predicted octanol–water partition coefficient (Wildman–Crippen LogP) is 6.26. The van der Waals surface area contributed by atoms with E-state index in [1.807, 2.05) is 13.8 Å². The standard InChI is InChI=1S/C77H121Cl2F3N12O14/c1-13-47(3)64-72(104)87(7)43-63(97)88(8)56-25-17-15-22-36-93(71(56)103)59(38-49-26-30-51(31-27-49)77(80,81)82)69(101)86(6)42-61(95)83-55(33-29-48-28-32-53(78)54(79)37-48)68(100)94-41-52(108-14-2)39-57(94)67(99)85-76(45-75(4,5)46-76)74(106)91(11)65(50-23-18-19-24-50)73(105)90(10)58(70(102)92-34-20-16-21-35-92)40-62(96)89(9)60(44-107-12)66(98)84-64/h15,17,47-60,64-65H,13-14,16,18-46H2,1-12H3,(H,83,95)(H,84,98)(H,85,99)/b17-15-/t47-,48?,49?,51?,52+,53?,54?,55-,56-,57-,58-,59-,60-,64-,65-/m0/s1. The molecule has 108 heavy (non-hydrogen) atoms. The third-order valence-corrected chi connectivity index (χ3v) is 25.8. The molecule has 0 aromatic heterocycles. The van der Waals surface area contributed by atoms with E-state index < -0.39 is 186 Å². The zero-order valence-corrected chi connectivity index (χ0v) is 67.2. The summed E-state index contributed by atoms with van der Waals surface area (Å²) in [6, 6.07) is -10.6. The van der Waals surface area contributed by atoms with Gasteiger partial charge in [0.05, 0.1) is 43.5 Å². The van der Waals surface area contributed by atoms with Crippen LogP contribution in [0.5, 0.6) is 0 Å². The van der Waals surface area contributed by atoms with E-state index in [-0.39, 0.29) is 114 Å². The first-order valence-electron chi connectivity index (χ1n) is 39.4. The summed E-state index contributed by atoms with van der Waals surface area (Å²) in [5.74, 6) is -11.2. The number of alkyl halides is 5. The molecule has 4 heterocycles. The van der Waals surface area contributed by atoms with Gasteiger partial charge in [-0.15, -0.1) is 23.2 Å². The summed E-state index contributed by atoms with van der Waals surface area (Å²) in [5.41, 5.74) is -2.14. The average molecular weight is 1570 g/mol. The Morgan fingerprint density at radius 2 is 1.30 bits per heavy atom. The molecular formula is C77H121Cl2F3N12O14. The number of ether oxygens (including phenoxy) is 2. The van der Waals surface area contributed by atoms with Crippen molar-refractivity contribution in [1.29, 1.82) is 0 Å². The van der Waals surface area contributed by atoms with E-state index in [1.54, 1.807) is 37.8 Å². The summed E-state index contributed by atoms with van der Waals surface area (Å²) in [6.07, 6.45) is 5.17. The SMILES string of the molecule is CCO[C@@H]1C[C@H]2C(=O)NC3(CC(C)(C)C3)C(=O)N(C)[C@@H](C3CCCC3)C(=O)N(C)[C@H](C(=O)N3CCCCC3)CC(=O)N(C)[C@@H](COC)C(=O)N[C@@H]([C@@H](C)CC)C(=O)N(C)CC(=O)N(C)[C@H]3C/C=C\CCN(C3=O)[C@@H](CC3CCC(C(F)(F)F)CC3)C(=O)N(C)CC(=O)N[C@@H](CCC3CCC(Cl)C(Cl)C3)C(=O)N2C1. The minimum atomic E-state index is -4.45. The van der Waals surface area contributed by atoms with Gasteiger partial charge in [0.25, 0.3) is 0 Å². The fraction of sp³-hybridized carbons (Fsp3) is 0.818. The van der Waals surface area contributed by atoms with Crippen LogP contribution in [0, 0.1) is 35.0 Å². The molecule has 13 atom stereocenters. The highest BCUT2D eigenvalue weighted by molar-refractivity contribution is 6.30. The van der Waals surface area contributed by atoms with Crippen molar-refractivity contribution >= 4 is 94.1 Å². The number of rotatable bonds is 13. The summed E-state index contributed by atoms with van der Waals surface area (Å²) in [5, 5.41) is 8.22. The Balaban J connectivity index is 1.21. The highest BCUT2D eigenvalue weighted by Crippen LogP contribution is 2.50. The van der Waals surface area contributed by atoms with Crippen molar-refractivity contribution in [3.63, 3.8) is 0 Å². The summed E-state index contributed by atoms with van der Waals surface area (Å²) in [7, 11) is 9.74. The minimum Gasteiger partial charge on any atom is -0.382 e. The van der Waals surface area contributed by atoms with Crippen LogP contribution >= 0.6 is 23.2 Å². The maximum absolute atomic E-state index is 15.9. The monoisotopic (exact) mass is 1560 g/mol. The molecule has 3 saturated heterocycles. The first kappa shape index (κ1) is 87.3. The van der Waals surface area contributed by atoms with Gasteiger partial charge in [0, 0.05) is 94.0 Å². The van der Waals surface area contributed by atoms with E-state index in [2.05, 4.69) is 16.0 Å². The number of hydrogen-bond acceptors (Lipinski definition) is 14. The molecule has 608 valence electrons. The lowest BCUT2D eigenvalue weighted by Crippen LogP contribution is -2.71. The maximum atomic E-state index is 15.9. The van der Waals surface area contributed by atoms with Gasteiger partial charge in [-0.2, -0.15) is 13.2 Å². The Hall–Kier alpha value is -6.33. The lowest BCUT2D eigenvalue weighted by atomic mass is 9.58. The second-order valence-corrected chi connectivity index (χ2v) is 34.2. The Kier molecular flexibility index (Phi) is 30.9. The summed E-state index contributed by atoms with van der Waals surface area (Å²) in [6.45, 7) is 8.29. The van der Waals surface area contributed by atoms with Crippen molar-refractivity contribution in [3.05, 3.63) is 12.2 Å². The van der Waals surface area contributed by atoms with Gasteiger partial charge in [-0.25, -0.2) is 0 Å². The number of halogens is 5. The normalized spacial score (nSPS) is 32.5. The van der Waals surface area contributed by atoms with Crippen molar-refractivity contribution in [2.45, 2.75) is 266 Å². The number of likely N-dealkylation sites (N-methyl/N-ethyl adjacent to an activating group) is 6. The Labute approximate surface area is 645 Å². The van der Waals surface area contributed by atoms with E-state index >= 15 is 38.4 Å². The topological polar surface area (TPSA) is 289 Å². The molecule has 2 bridgehead atoms. The number of hydrogen-bond donors (Lipinski definition) is 3. The van der Waals surface area contributed by atoms with Crippen LogP contribution in [0.15, 0.2) is 12.2 Å². The molecular weight excluding hydrogens is 1440 g/mol. The fourth-order valence-corrected chi connectivity index (χ4v) is 18.7. The highest BCUT2D eigenvalue weighted by atomic mass is 35.5. The minimum absolute atomic E-state index is 0.00390. The molecule has 1 spiro atoms. The van der Waals surface area contributed by atoms with Gasteiger partial charge in [-0.1, -0.05) is 59.1 Å². The van der Waals surface area contributed by atoms with Crippen LogP contribution in [0.4, 0.5) is 13.2 Å². The number of likely N-dealkylation sites (tertiary alicyclic amines) is 1. The molecule has 0 radical (unpaired) electrons. The van der Waals surface area contributed by atoms with Crippen LogP contribution in [0.3, 0.4) is 0 Å². The van der Waals surface area contributed by atoms with Crippen LogP contribution in [0.2, 0.25) is 0 Å². The first-order valence-corrected chi connectivity index (χ1v) is 40.3. The molecule has 7 fully saturated rings. The van der Waals surface area contributed by atoms with E-state index in [9.17, 15) is 32.3 Å². The second kappa shape index (κ2) is 38.3. The molecule has 8 rings (SSSR count). The lowest BCUT2D eigenvalue weighted by molar-refractivity contribution is -0.184. The zero-order valence-electron chi connectivity index (χ0n) is 65.6. The lowest BCUT2D eigenvalue weighted by Gasteiger charge is -2.54. The van der Waals surface area contributed by atoms with Gasteiger partial charge < -0.3 is 69.5 Å². The second-order valence-electron chi connectivity index (χ2n) is 33.1. The molecule has 4 saturated carbocycles. The molecule has 26 nitrogen and oxygen atoms in total. The Morgan fingerprint density at radius 3 is 1.91 bits per heavy atom. The van der Waals surface area contributed by atoms with E-state index in [4.69, 9.17) is 32.7 Å². The van der Waals surface area contributed by atoms with Crippen LogP contribution in [-0.2, 0) is 67.0 Å². The summed E-state index contributed by atoms with van der Waals surface area (Å²) >= 11 is 13.3. The van der Waals surface area contributed by atoms with Crippen molar-refractivity contribution in [3.8, 4) is 0 Å². The zero-order chi connectivity index (χ0) is 79.4. The average Bonchev–Trinajstić information content (AvgIpc) is 0.893. The Bertz CT molecular complexity index is 3230. The van der Waals surface area contributed by atoms with Crippen molar-refractivity contribution in [1.82, 2.24) is 60.0 Å². The van der Waals surface area contributed by atoms with E-state index in [0.717, 1.165) is 34.0 Å². The molecule has 8 aliphatic rings. The van der Waals surface area contributed by atoms with Crippen LogP contribution in [-0.4, -0.2) is 294 Å². The number of carbonyl (C=O) groups excluding carboxylic acids is 12. The number of piperidine rings is 1. The molecule has 0 aromatic carbocycles. The first-order chi connectivity index (χ1) is 51.0. The van der Waals surface area contributed by atoms with Gasteiger partial charge >= 0.3 is 6.18 Å². The number of nitrogens with one attached hydrogen (secondary N) is 3. The quantitative estimate of drug-likeness (QED) is 0.136. The smallest absolute Gasteiger partial charge is 0.382 e. The van der Waals surface area contributed by atoms with Gasteiger partial charge in [0.1, 0.15) is 53.9 Å². The maximum Gasteiger partial charge on any atom is 0.391 e. The summed E-state index contributed by atoms with van der Waals surface area (Å²) in [4.78, 5) is 195.